The summed E-state index contributed by atoms with van der Waals surface area (Å²) < 4.78 is 5.28. The number of aromatic nitrogens is 3. The van der Waals surface area contributed by atoms with Crippen LogP contribution in [0.1, 0.15) is 43.1 Å². The molecule has 1 unspecified atom stereocenters. The first-order chi connectivity index (χ1) is 9.25. The lowest BCUT2D eigenvalue weighted by molar-refractivity contribution is -0.122. The topological polar surface area (TPSA) is 68.9 Å². The first kappa shape index (κ1) is 12.0. The van der Waals surface area contributed by atoms with Crippen molar-refractivity contribution in [2.75, 3.05) is 0 Å². The summed E-state index contributed by atoms with van der Waals surface area (Å²) in [6.07, 6.45) is 6.91. The van der Waals surface area contributed by atoms with E-state index in [1.54, 1.807) is 12.4 Å². The highest BCUT2D eigenvalue weighted by Crippen LogP contribution is 2.30. The molecule has 1 saturated carbocycles. The Bertz CT molecular complexity index is 606. The van der Waals surface area contributed by atoms with Crippen molar-refractivity contribution in [3.63, 3.8) is 0 Å². The summed E-state index contributed by atoms with van der Waals surface area (Å²) in [6, 6.07) is 1.85. The van der Waals surface area contributed by atoms with E-state index in [0.717, 1.165) is 30.4 Å². The fraction of sp³-hybridized carbons (Fsp3) is 0.429. The molecule has 1 atom stereocenters. The van der Waals surface area contributed by atoms with Crippen LogP contribution in [0.25, 0.3) is 11.4 Å². The smallest absolute Gasteiger partial charge is 0.237 e. The number of pyridine rings is 1. The first-order valence-corrected chi connectivity index (χ1v) is 6.53. The van der Waals surface area contributed by atoms with Gasteiger partial charge in [-0.05, 0) is 31.4 Å². The molecule has 19 heavy (non-hydrogen) atoms. The molecule has 2 heterocycles. The highest BCUT2D eigenvalue weighted by molar-refractivity contribution is 5.85. The molecule has 0 amide bonds. The van der Waals surface area contributed by atoms with Gasteiger partial charge in [0.25, 0.3) is 0 Å². The Morgan fingerprint density at radius 2 is 2.26 bits per heavy atom. The van der Waals surface area contributed by atoms with Gasteiger partial charge in [-0.3, -0.25) is 9.78 Å². The Morgan fingerprint density at radius 3 is 3.05 bits per heavy atom. The lowest BCUT2D eigenvalue weighted by Crippen LogP contribution is -2.17. The molecule has 1 aliphatic carbocycles. The maximum Gasteiger partial charge on any atom is 0.237 e. The van der Waals surface area contributed by atoms with Gasteiger partial charge in [0.15, 0.2) is 0 Å². The van der Waals surface area contributed by atoms with Gasteiger partial charge < -0.3 is 4.52 Å². The number of carbonyl (C=O) groups excluding carboxylic acids is 1. The number of carbonyl (C=O) groups is 1. The highest BCUT2D eigenvalue weighted by atomic mass is 16.5. The molecule has 5 nitrogen and oxygen atoms in total. The van der Waals surface area contributed by atoms with E-state index in [4.69, 9.17) is 4.52 Å². The number of Topliss-reactive ketones (excluding diaryl/α,β-unsaturated/α-hetero) is 1. The largest absolute Gasteiger partial charge is 0.338 e. The summed E-state index contributed by atoms with van der Waals surface area (Å²) in [5, 5.41) is 3.99. The minimum absolute atomic E-state index is 0.211. The van der Waals surface area contributed by atoms with Crippen LogP contribution < -0.4 is 0 Å². The molecular formula is C14H15N3O2. The Balaban J connectivity index is 1.91. The van der Waals surface area contributed by atoms with Crippen LogP contribution in [0.5, 0.6) is 0 Å². The summed E-state index contributed by atoms with van der Waals surface area (Å²) in [5.74, 6) is 0.995. The molecule has 5 heteroatoms. The monoisotopic (exact) mass is 257 g/mol. The van der Waals surface area contributed by atoms with Gasteiger partial charge in [-0.1, -0.05) is 11.6 Å². The average molecular weight is 257 g/mol. The zero-order valence-electron chi connectivity index (χ0n) is 10.8. The summed E-state index contributed by atoms with van der Waals surface area (Å²) in [5.41, 5.74) is 1.89. The summed E-state index contributed by atoms with van der Waals surface area (Å²) in [4.78, 5) is 20.3. The number of rotatable bonds is 2. The summed E-state index contributed by atoms with van der Waals surface area (Å²) >= 11 is 0. The normalized spacial score (nSPS) is 19.6. The highest BCUT2D eigenvalue weighted by Gasteiger charge is 2.29. The minimum Gasteiger partial charge on any atom is -0.338 e. The molecule has 0 aromatic carbocycles. The van der Waals surface area contributed by atoms with Crippen LogP contribution in [0, 0.1) is 6.92 Å². The molecule has 1 fully saturated rings. The molecule has 0 radical (unpaired) electrons. The SMILES string of the molecule is Cc1cnccc1-c1noc(C2CCCCC2=O)n1. The van der Waals surface area contributed by atoms with Gasteiger partial charge in [-0.15, -0.1) is 0 Å². The third kappa shape index (κ3) is 2.28. The molecule has 1 aliphatic rings. The number of aryl methyl sites for hydroxylation is 1. The van der Waals surface area contributed by atoms with Gasteiger partial charge in [-0.25, -0.2) is 0 Å². The molecular weight excluding hydrogens is 242 g/mol. The fourth-order valence-corrected chi connectivity index (χ4v) is 2.45. The number of ketones is 1. The van der Waals surface area contributed by atoms with Crippen molar-refractivity contribution in [3.8, 4) is 11.4 Å². The van der Waals surface area contributed by atoms with Crippen molar-refractivity contribution >= 4 is 5.78 Å². The molecule has 0 spiro atoms. The minimum atomic E-state index is -0.211. The number of nitrogens with zero attached hydrogens (tertiary/aromatic N) is 3. The molecule has 0 bridgehead atoms. The van der Waals surface area contributed by atoms with E-state index < -0.39 is 0 Å². The predicted octanol–water partition coefficient (Wildman–Crippen LogP) is 2.67. The Hall–Kier alpha value is -2.04. The van der Waals surface area contributed by atoms with Crippen LogP contribution in [0.2, 0.25) is 0 Å². The van der Waals surface area contributed by atoms with Gasteiger partial charge in [0, 0.05) is 24.4 Å². The summed E-state index contributed by atoms with van der Waals surface area (Å²) in [7, 11) is 0. The van der Waals surface area contributed by atoms with E-state index in [1.165, 1.54) is 0 Å². The van der Waals surface area contributed by atoms with Crippen molar-refractivity contribution in [2.45, 2.75) is 38.5 Å². The number of hydrogen-bond donors (Lipinski definition) is 0. The second kappa shape index (κ2) is 4.91. The molecule has 2 aromatic heterocycles. The third-order valence-electron chi connectivity index (χ3n) is 3.56. The maximum absolute atomic E-state index is 11.9. The first-order valence-electron chi connectivity index (χ1n) is 6.53. The van der Waals surface area contributed by atoms with Crippen molar-refractivity contribution < 1.29 is 9.32 Å². The molecule has 0 saturated heterocycles. The Labute approximate surface area is 111 Å². The standard InChI is InChI=1S/C14H15N3O2/c1-9-8-15-7-6-10(9)13-16-14(19-17-13)11-4-2-3-5-12(11)18/h6-8,11H,2-5H2,1H3. The van der Waals surface area contributed by atoms with E-state index in [1.807, 2.05) is 13.0 Å². The van der Waals surface area contributed by atoms with Crippen molar-refractivity contribution in [1.82, 2.24) is 15.1 Å². The van der Waals surface area contributed by atoms with Gasteiger partial charge in [0.1, 0.15) is 5.78 Å². The molecule has 3 rings (SSSR count). The Kier molecular flexibility index (Phi) is 3.11. The van der Waals surface area contributed by atoms with Crippen LogP contribution in [-0.2, 0) is 4.79 Å². The molecule has 98 valence electrons. The Morgan fingerprint density at radius 1 is 1.37 bits per heavy atom. The zero-order chi connectivity index (χ0) is 13.2. The average Bonchev–Trinajstić information content (AvgIpc) is 2.89. The molecule has 0 aliphatic heterocycles. The van der Waals surface area contributed by atoms with Gasteiger partial charge in [0.2, 0.25) is 11.7 Å². The van der Waals surface area contributed by atoms with Gasteiger partial charge >= 0.3 is 0 Å². The van der Waals surface area contributed by atoms with Gasteiger partial charge in [0.05, 0.1) is 5.92 Å². The van der Waals surface area contributed by atoms with Crippen LogP contribution in [0.4, 0.5) is 0 Å². The fourth-order valence-electron chi connectivity index (χ4n) is 2.45. The van der Waals surface area contributed by atoms with E-state index in [2.05, 4.69) is 15.1 Å². The van der Waals surface area contributed by atoms with Gasteiger partial charge in [-0.2, -0.15) is 4.98 Å². The summed E-state index contributed by atoms with van der Waals surface area (Å²) in [6.45, 7) is 1.95. The van der Waals surface area contributed by atoms with E-state index in [9.17, 15) is 4.79 Å². The molecule has 0 N–H and O–H groups in total. The second-order valence-corrected chi connectivity index (χ2v) is 4.91. The van der Waals surface area contributed by atoms with Crippen LogP contribution in [-0.4, -0.2) is 20.9 Å². The zero-order valence-corrected chi connectivity index (χ0v) is 10.8. The van der Waals surface area contributed by atoms with Crippen molar-refractivity contribution in [1.29, 1.82) is 0 Å². The predicted molar refractivity (Wildman–Crippen MR) is 68.5 cm³/mol. The molecule has 2 aromatic rings. The van der Waals surface area contributed by atoms with Crippen LogP contribution in [0.15, 0.2) is 23.0 Å². The second-order valence-electron chi connectivity index (χ2n) is 4.91. The van der Waals surface area contributed by atoms with Crippen molar-refractivity contribution in [3.05, 3.63) is 29.9 Å². The van der Waals surface area contributed by atoms with E-state index in [0.29, 0.717) is 18.1 Å². The van der Waals surface area contributed by atoms with Crippen LogP contribution in [0.3, 0.4) is 0 Å². The van der Waals surface area contributed by atoms with Crippen molar-refractivity contribution in [2.24, 2.45) is 0 Å². The number of hydrogen-bond acceptors (Lipinski definition) is 5. The lowest BCUT2D eigenvalue weighted by atomic mass is 9.88. The quantitative estimate of drug-likeness (QED) is 0.827. The third-order valence-corrected chi connectivity index (χ3v) is 3.56. The lowest BCUT2D eigenvalue weighted by Gasteiger charge is -2.16. The maximum atomic E-state index is 11.9. The van der Waals surface area contributed by atoms with Crippen LogP contribution >= 0.6 is 0 Å². The van der Waals surface area contributed by atoms with E-state index in [-0.39, 0.29) is 11.7 Å². The van der Waals surface area contributed by atoms with E-state index >= 15 is 0 Å².